The number of rotatable bonds is 9. The number of aliphatic hydroxyl groups is 2. The van der Waals surface area contributed by atoms with Gasteiger partial charge in [0, 0.05) is 17.7 Å². The highest BCUT2D eigenvalue weighted by Gasteiger charge is 2.41. The number of carboxylic acids is 1. The van der Waals surface area contributed by atoms with E-state index in [9.17, 15) is 15.0 Å². The Kier molecular flexibility index (Phi) is 8.08. The van der Waals surface area contributed by atoms with Gasteiger partial charge in [0.15, 0.2) is 0 Å². The first-order chi connectivity index (χ1) is 14.5. The second-order valence-corrected chi connectivity index (χ2v) is 8.54. The molecule has 2 aromatic carbocycles. The summed E-state index contributed by atoms with van der Waals surface area (Å²) < 4.78 is 0. The van der Waals surface area contributed by atoms with Crippen LogP contribution in [0.2, 0.25) is 0 Å². The van der Waals surface area contributed by atoms with Crippen LogP contribution in [0, 0.1) is 5.92 Å². The Morgan fingerprint density at radius 2 is 1.73 bits per heavy atom. The summed E-state index contributed by atoms with van der Waals surface area (Å²) in [5.41, 5.74) is 2.69. The van der Waals surface area contributed by atoms with E-state index in [1.165, 1.54) is 0 Å². The number of carboxylic acid groups (broad SMARTS) is 1. The normalized spacial score (nSPS) is 24.9. The summed E-state index contributed by atoms with van der Waals surface area (Å²) in [5.74, 6) is -0.717. The number of aliphatic carboxylic acids is 1. The van der Waals surface area contributed by atoms with Crippen molar-refractivity contribution in [3.8, 4) is 0 Å². The lowest BCUT2D eigenvalue weighted by Gasteiger charge is -2.23. The van der Waals surface area contributed by atoms with E-state index < -0.39 is 18.2 Å². The van der Waals surface area contributed by atoms with Crippen LogP contribution >= 0.6 is 11.6 Å². The van der Waals surface area contributed by atoms with Gasteiger partial charge in [-0.25, -0.2) is 0 Å². The van der Waals surface area contributed by atoms with Crippen LogP contribution < -0.4 is 0 Å². The van der Waals surface area contributed by atoms with Crippen LogP contribution in [0.25, 0.3) is 0 Å². The smallest absolute Gasteiger partial charge is 0.303 e. The molecule has 3 rings (SSSR count). The highest BCUT2D eigenvalue weighted by atomic mass is 35.5. The van der Waals surface area contributed by atoms with Gasteiger partial charge in [0.05, 0.1) is 6.10 Å². The molecule has 0 bridgehead atoms. The SMILES string of the molecule is O=C(O)CCCC=CC[C@@H]1[C@@H](c2ccc(C(O)c3ccccc3)cc2)[C@H](O)C[C@H]1Cl. The van der Waals surface area contributed by atoms with Crippen LogP contribution in [-0.2, 0) is 4.79 Å². The number of hydrogen-bond donors (Lipinski definition) is 3. The lowest BCUT2D eigenvalue weighted by Crippen LogP contribution is -2.18. The largest absolute Gasteiger partial charge is 0.481 e. The number of halogens is 1. The average Bonchev–Trinajstić information content (AvgIpc) is 3.03. The molecule has 0 radical (unpaired) electrons. The standard InChI is InChI=1S/C25H29ClO4/c26-21-16-22(27)24(20(21)10-6-1-2-7-11-23(28)29)17-12-14-19(15-13-17)25(30)18-8-4-3-5-9-18/h1,3-6,8-9,12-15,20-22,24-25,27,30H,2,7,10-11,16H2,(H,28,29)/t20-,21+,22+,24+,25?/m0/s1. The molecule has 3 N–H and O–H groups in total. The van der Waals surface area contributed by atoms with Gasteiger partial charge in [-0.05, 0) is 48.3 Å². The van der Waals surface area contributed by atoms with Crippen molar-refractivity contribution in [3.63, 3.8) is 0 Å². The number of unbranched alkanes of at least 4 members (excludes halogenated alkanes) is 1. The molecule has 1 fully saturated rings. The van der Waals surface area contributed by atoms with Gasteiger partial charge in [-0.3, -0.25) is 4.79 Å². The summed E-state index contributed by atoms with van der Waals surface area (Å²) in [6, 6.07) is 17.3. The van der Waals surface area contributed by atoms with Gasteiger partial charge in [-0.1, -0.05) is 66.7 Å². The molecule has 1 unspecified atom stereocenters. The molecule has 0 aliphatic heterocycles. The van der Waals surface area contributed by atoms with Crippen LogP contribution in [0.3, 0.4) is 0 Å². The summed E-state index contributed by atoms with van der Waals surface area (Å²) >= 11 is 6.55. The van der Waals surface area contributed by atoms with E-state index in [2.05, 4.69) is 6.08 Å². The van der Waals surface area contributed by atoms with Gasteiger partial charge in [0.2, 0.25) is 0 Å². The van der Waals surface area contributed by atoms with E-state index in [-0.39, 0.29) is 23.6 Å². The van der Waals surface area contributed by atoms with Crippen molar-refractivity contribution in [1.82, 2.24) is 0 Å². The zero-order valence-corrected chi connectivity index (χ0v) is 17.7. The molecule has 0 spiro atoms. The third-order valence-corrected chi connectivity index (χ3v) is 6.40. The van der Waals surface area contributed by atoms with E-state index in [1.807, 2.05) is 60.7 Å². The van der Waals surface area contributed by atoms with Crippen LogP contribution in [0.15, 0.2) is 66.7 Å². The van der Waals surface area contributed by atoms with Gasteiger partial charge in [0.1, 0.15) is 6.10 Å². The van der Waals surface area contributed by atoms with Crippen molar-refractivity contribution in [3.05, 3.63) is 83.4 Å². The molecule has 0 amide bonds. The molecule has 0 heterocycles. The Labute approximate surface area is 182 Å². The van der Waals surface area contributed by atoms with Crippen molar-refractivity contribution in [2.75, 3.05) is 0 Å². The third-order valence-electron chi connectivity index (χ3n) is 5.90. The minimum absolute atomic E-state index is 0.0564. The van der Waals surface area contributed by atoms with E-state index in [1.54, 1.807) is 0 Å². The molecular weight excluding hydrogens is 400 g/mol. The van der Waals surface area contributed by atoms with E-state index in [0.717, 1.165) is 29.5 Å². The van der Waals surface area contributed by atoms with Gasteiger partial charge in [-0.2, -0.15) is 0 Å². The molecule has 160 valence electrons. The molecule has 1 aliphatic rings. The number of aliphatic hydroxyl groups excluding tert-OH is 2. The first-order valence-electron chi connectivity index (χ1n) is 10.5. The van der Waals surface area contributed by atoms with Gasteiger partial charge >= 0.3 is 5.97 Å². The van der Waals surface area contributed by atoms with E-state index in [0.29, 0.717) is 12.8 Å². The maximum Gasteiger partial charge on any atom is 0.303 e. The number of benzene rings is 2. The predicted octanol–water partition coefficient (Wildman–Crippen LogP) is 5.04. The van der Waals surface area contributed by atoms with Crippen molar-refractivity contribution >= 4 is 17.6 Å². The molecular formula is C25H29ClO4. The van der Waals surface area contributed by atoms with Gasteiger partial charge in [-0.15, -0.1) is 11.6 Å². The van der Waals surface area contributed by atoms with E-state index in [4.69, 9.17) is 16.7 Å². The molecule has 1 saturated carbocycles. The molecule has 0 aromatic heterocycles. The molecule has 5 atom stereocenters. The Hall–Kier alpha value is -2.14. The topological polar surface area (TPSA) is 77.8 Å². The predicted molar refractivity (Wildman–Crippen MR) is 119 cm³/mol. The Morgan fingerprint density at radius 1 is 1.07 bits per heavy atom. The van der Waals surface area contributed by atoms with Crippen LogP contribution in [0.1, 0.15) is 60.8 Å². The first kappa shape index (κ1) is 22.5. The van der Waals surface area contributed by atoms with Gasteiger partial charge in [0.25, 0.3) is 0 Å². The fourth-order valence-corrected chi connectivity index (χ4v) is 4.74. The Bertz CT molecular complexity index is 834. The quantitative estimate of drug-likeness (QED) is 0.297. The van der Waals surface area contributed by atoms with Gasteiger partial charge < -0.3 is 15.3 Å². The average molecular weight is 429 g/mol. The molecule has 5 heteroatoms. The number of hydrogen-bond acceptors (Lipinski definition) is 3. The summed E-state index contributed by atoms with van der Waals surface area (Å²) in [7, 11) is 0. The summed E-state index contributed by atoms with van der Waals surface area (Å²) in [6.07, 6.45) is 5.71. The van der Waals surface area contributed by atoms with Crippen LogP contribution in [0.4, 0.5) is 0 Å². The maximum atomic E-state index is 10.6. The fourth-order valence-electron chi connectivity index (χ4n) is 4.30. The second-order valence-electron chi connectivity index (χ2n) is 7.98. The molecule has 30 heavy (non-hydrogen) atoms. The highest BCUT2D eigenvalue weighted by molar-refractivity contribution is 6.21. The molecule has 1 aliphatic carbocycles. The summed E-state index contributed by atoms with van der Waals surface area (Å²) in [4.78, 5) is 10.6. The number of alkyl halides is 1. The number of carbonyl (C=O) groups is 1. The first-order valence-corrected chi connectivity index (χ1v) is 10.9. The van der Waals surface area contributed by atoms with Crippen LogP contribution in [-0.4, -0.2) is 32.8 Å². The zero-order chi connectivity index (χ0) is 21.5. The van der Waals surface area contributed by atoms with Crippen molar-refractivity contribution in [1.29, 1.82) is 0 Å². The van der Waals surface area contributed by atoms with Crippen LogP contribution in [0.5, 0.6) is 0 Å². The Morgan fingerprint density at radius 3 is 2.40 bits per heavy atom. The minimum Gasteiger partial charge on any atom is -0.481 e. The van der Waals surface area contributed by atoms with E-state index >= 15 is 0 Å². The number of allylic oxidation sites excluding steroid dienone is 2. The third kappa shape index (κ3) is 5.72. The monoisotopic (exact) mass is 428 g/mol. The van der Waals surface area contributed by atoms with Crippen molar-refractivity contribution < 1.29 is 20.1 Å². The highest BCUT2D eigenvalue weighted by Crippen LogP contribution is 2.45. The zero-order valence-electron chi connectivity index (χ0n) is 16.9. The lowest BCUT2D eigenvalue weighted by molar-refractivity contribution is -0.137. The van der Waals surface area contributed by atoms with Crippen molar-refractivity contribution in [2.24, 2.45) is 5.92 Å². The Balaban J connectivity index is 1.66. The maximum absolute atomic E-state index is 10.6. The summed E-state index contributed by atoms with van der Waals surface area (Å²) in [5, 5.41) is 29.8. The fraction of sp³-hybridized carbons (Fsp3) is 0.400. The minimum atomic E-state index is -0.774. The molecule has 2 aromatic rings. The molecule has 0 saturated heterocycles. The summed E-state index contributed by atoms with van der Waals surface area (Å²) in [6.45, 7) is 0. The molecule has 4 nitrogen and oxygen atoms in total. The lowest BCUT2D eigenvalue weighted by atomic mass is 9.84. The van der Waals surface area contributed by atoms with Crippen molar-refractivity contribution in [2.45, 2.75) is 55.6 Å². The second kappa shape index (κ2) is 10.8.